The summed E-state index contributed by atoms with van der Waals surface area (Å²) in [4.78, 5) is 16.4. The normalized spacial score (nSPS) is 15.5. The molecule has 144 valence electrons. The second-order valence-electron chi connectivity index (χ2n) is 6.24. The molecule has 1 N–H and O–H groups in total. The smallest absolute Gasteiger partial charge is 0.488 e. The summed E-state index contributed by atoms with van der Waals surface area (Å²) in [5, 5.41) is 9.51. The van der Waals surface area contributed by atoms with Crippen LogP contribution in [0.3, 0.4) is 0 Å². The first-order valence-electron chi connectivity index (χ1n) is 8.34. The van der Waals surface area contributed by atoms with E-state index >= 15 is 0 Å². The summed E-state index contributed by atoms with van der Waals surface area (Å²) < 4.78 is 37.6. The number of aromatic hydroxyl groups is 1. The Morgan fingerprint density at radius 3 is 2.33 bits per heavy atom. The SMILES string of the molecule is O=C(c1cccc(O)c1)N1CCN(Cc2ccc(OS(=O)(=O)F)cc2)CC1. The maximum absolute atomic E-state index is 12.5. The highest BCUT2D eigenvalue weighted by molar-refractivity contribution is 7.81. The van der Waals surface area contributed by atoms with Gasteiger partial charge in [0, 0.05) is 38.3 Å². The van der Waals surface area contributed by atoms with Gasteiger partial charge in [0.05, 0.1) is 0 Å². The minimum Gasteiger partial charge on any atom is -0.508 e. The first kappa shape index (κ1) is 19.1. The molecule has 0 radical (unpaired) electrons. The lowest BCUT2D eigenvalue weighted by Crippen LogP contribution is -2.48. The van der Waals surface area contributed by atoms with Crippen molar-refractivity contribution in [2.24, 2.45) is 0 Å². The molecule has 7 nitrogen and oxygen atoms in total. The Labute approximate surface area is 157 Å². The van der Waals surface area contributed by atoms with Crippen molar-refractivity contribution in [1.29, 1.82) is 0 Å². The minimum atomic E-state index is -5.02. The molecule has 1 fully saturated rings. The molecule has 2 aromatic rings. The maximum atomic E-state index is 12.5. The van der Waals surface area contributed by atoms with Gasteiger partial charge >= 0.3 is 10.5 Å². The van der Waals surface area contributed by atoms with Gasteiger partial charge in [-0.15, -0.1) is 0 Å². The van der Waals surface area contributed by atoms with E-state index < -0.39 is 10.5 Å². The van der Waals surface area contributed by atoms with Crippen LogP contribution in [0, 0.1) is 0 Å². The quantitative estimate of drug-likeness (QED) is 0.780. The third-order valence-corrected chi connectivity index (χ3v) is 4.67. The van der Waals surface area contributed by atoms with Crippen LogP contribution in [0.15, 0.2) is 48.5 Å². The molecular formula is C18H19FN2O5S. The van der Waals surface area contributed by atoms with Gasteiger partial charge in [0.1, 0.15) is 11.5 Å². The number of carbonyl (C=O) groups excluding carboxylic acids is 1. The van der Waals surface area contributed by atoms with Crippen LogP contribution in [-0.4, -0.2) is 55.4 Å². The fraction of sp³-hybridized carbons (Fsp3) is 0.278. The fourth-order valence-electron chi connectivity index (χ4n) is 2.95. The average Bonchev–Trinajstić information content (AvgIpc) is 2.62. The second-order valence-corrected chi connectivity index (χ2v) is 7.19. The topological polar surface area (TPSA) is 87.2 Å². The number of phenolic OH excluding ortho intramolecular Hbond substituents is 1. The van der Waals surface area contributed by atoms with Gasteiger partial charge in [0.25, 0.3) is 5.91 Å². The third kappa shape index (κ3) is 5.41. The molecule has 3 rings (SSSR count). The van der Waals surface area contributed by atoms with Crippen LogP contribution in [0.4, 0.5) is 3.89 Å². The van der Waals surface area contributed by atoms with E-state index in [4.69, 9.17) is 0 Å². The number of nitrogens with zero attached hydrogens (tertiary/aromatic N) is 2. The van der Waals surface area contributed by atoms with E-state index in [1.165, 1.54) is 24.3 Å². The van der Waals surface area contributed by atoms with Crippen LogP contribution in [-0.2, 0) is 17.0 Å². The van der Waals surface area contributed by atoms with Crippen molar-refractivity contribution in [1.82, 2.24) is 9.80 Å². The van der Waals surface area contributed by atoms with Crippen LogP contribution >= 0.6 is 0 Å². The van der Waals surface area contributed by atoms with Crippen molar-refractivity contribution in [3.05, 3.63) is 59.7 Å². The van der Waals surface area contributed by atoms with Crippen LogP contribution in [0.2, 0.25) is 0 Å². The summed E-state index contributed by atoms with van der Waals surface area (Å²) >= 11 is 0. The predicted molar refractivity (Wildman–Crippen MR) is 96.4 cm³/mol. The van der Waals surface area contributed by atoms with Gasteiger partial charge in [-0.05, 0) is 35.9 Å². The molecule has 1 aliphatic rings. The summed E-state index contributed by atoms with van der Waals surface area (Å²) in [5.41, 5.74) is 1.38. The van der Waals surface area contributed by atoms with Crippen molar-refractivity contribution < 1.29 is 26.4 Å². The Bertz CT molecular complexity index is 910. The summed E-state index contributed by atoms with van der Waals surface area (Å²) in [6.07, 6.45) is 0. The maximum Gasteiger partial charge on any atom is 0.488 e. The highest BCUT2D eigenvalue weighted by atomic mass is 32.3. The molecule has 1 heterocycles. The molecular weight excluding hydrogens is 375 g/mol. The monoisotopic (exact) mass is 394 g/mol. The van der Waals surface area contributed by atoms with Crippen molar-refractivity contribution >= 4 is 16.4 Å². The standard InChI is InChI=1S/C18H19FN2O5S/c19-27(24,25)26-17-6-4-14(5-7-17)13-20-8-10-21(11-9-20)18(23)15-2-1-3-16(22)12-15/h1-7,12,22H,8-11,13H2. The first-order chi connectivity index (χ1) is 12.8. The van der Waals surface area contributed by atoms with E-state index in [1.807, 2.05) is 0 Å². The van der Waals surface area contributed by atoms with Crippen LogP contribution in [0.25, 0.3) is 0 Å². The Morgan fingerprint density at radius 1 is 1.07 bits per heavy atom. The molecule has 0 aromatic heterocycles. The molecule has 2 aromatic carbocycles. The van der Waals surface area contributed by atoms with E-state index in [9.17, 15) is 22.2 Å². The molecule has 0 bridgehead atoms. The number of hydrogen-bond acceptors (Lipinski definition) is 6. The van der Waals surface area contributed by atoms with E-state index in [0.29, 0.717) is 38.3 Å². The van der Waals surface area contributed by atoms with E-state index in [-0.39, 0.29) is 17.4 Å². The van der Waals surface area contributed by atoms with E-state index in [1.54, 1.807) is 29.2 Å². The van der Waals surface area contributed by atoms with Gasteiger partial charge in [0.15, 0.2) is 0 Å². The zero-order chi connectivity index (χ0) is 19.4. The molecule has 1 aliphatic heterocycles. The summed E-state index contributed by atoms with van der Waals surface area (Å²) in [7, 11) is -5.02. The molecule has 1 saturated heterocycles. The average molecular weight is 394 g/mol. The van der Waals surface area contributed by atoms with Gasteiger partial charge in [0.2, 0.25) is 0 Å². The second kappa shape index (κ2) is 7.93. The largest absolute Gasteiger partial charge is 0.508 e. The Hall–Kier alpha value is -2.65. The Morgan fingerprint density at radius 2 is 1.74 bits per heavy atom. The van der Waals surface area contributed by atoms with Crippen molar-refractivity contribution in [3.63, 3.8) is 0 Å². The third-order valence-electron chi connectivity index (χ3n) is 4.28. The van der Waals surface area contributed by atoms with E-state index in [0.717, 1.165) is 5.56 Å². The predicted octanol–water partition coefficient (Wildman–Crippen LogP) is 1.94. The number of halogens is 1. The lowest BCUT2D eigenvalue weighted by molar-refractivity contribution is 0.0628. The summed E-state index contributed by atoms with van der Waals surface area (Å²) in [5.74, 6) is -0.130. The molecule has 1 amide bonds. The number of benzene rings is 2. The first-order valence-corrected chi connectivity index (χ1v) is 9.65. The molecule has 0 atom stereocenters. The fourth-order valence-corrected chi connectivity index (χ4v) is 3.30. The molecule has 0 aliphatic carbocycles. The summed E-state index contributed by atoms with van der Waals surface area (Å²) in [6.45, 7) is 3.12. The lowest BCUT2D eigenvalue weighted by atomic mass is 10.1. The zero-order valence-electron chi connectivity index (χ0n) is 14.4. The number of hydrogen-bond donors (Lipinski definition) is 1. The number of carbonyl (C=O) groups is 1. The molecule has 0 unspecified atom stereocenters. The molecule has 0 spiro atoms. The minimum absolute atomic E-state index is 0.0625. The van der Waals surface area contributed by atoms with Crippen molar-refractivity contribution in [2.75, 3.05) is 26.2 Å². The van der Waals surface area contributed by atoms with Gasteiger partial charge in [-0.25, -0.2) is 0 Å². The zero-order valence-corrected chi connectivity index (χ0v) is 15.2. The van der Waals surface area contributed by atoms with Crippen LogP contribution < -0.4 is 4.18 Å². The van der Waals surface area contributed by atoms with Gasteiger partial charge in [-0.2, -0.15) is 8.42 Å². The number of piperazine rings is 1. The Balaban J connectivity index is 1.53. The van der Waals surface area contributed by atoms with Crippen LogP contribution in [0.5, 0.6) is 11.5 Å². The van der Waals surface area contributed by atoms with E-state index in [2.05, 4.69) is 9.08 Å². The number of phenols is 1. The molecule has 0 saturated carbocycles. The van der Waals surface area contributed by atoms with Gasteiger partial charge in [-0.3, -0.25) is 9.69 Å². The lowest BCUT2D eigenvalue weighted by Gasteiger charge is -2.34. The number of rotatable bonds is 5. The van der Waals surface area contributed by atoms with Crippen LogP contribution in [0.1, 0.15) is 15.9 Å². The summed E-state index contributed by atoms with van der Waals surface area (Å²) in [6, 6.07) is 12.4. The van der Waals surface area contributed by atoms with Gasteiger partial charge < -0.3 is 14.2 Å². The molecule has 9 heteroatoms. The van der Waals surface area contributed by atoms with Crippen molar-refractivity contribution in [3.8, 4) is 11.5 Å². The molecule has 27 heavy (non-hydrogen) atoms. The van der Waals surface area contributed by atoms with Gasteiger partial charge in [-0.1, -0.05) is 22.1 Å². The van der Waals surface area contributed by atoms with Crippen molar-refractivity contribution in [2.45, 2.75) is 6.54 Å². The highest BCUT2D eigenvalue weighted by Gasteiger charge is 2.22. The Kier molecular flexibility index (Phi) is 5.62. The number of amides is 1. The highest BCUT2D eigenvalue weighted by Crippen LogP contribution is 2.18.